The van der Waals surface area contributed by atoms with Gasteiger partial charge >= 0.3 is 0 Å². The van der Waals surface area contributed by atoms with Gasteiger partial charge in [0.15, 0.2) is 23.0 Å². The van der Waals surface area contributed by atoms with Crippen LogP contribution in [0.3, 0.4) is 0 Å². The first-order chi connectivity index (χ1) is 11.6. The number of rotatable bonds is 6. The number of amides is 1. The van der Waals surface area contributed by atoms with Crippen LogP contribution >= 0.6 is 0 Å². The van der Waals surface area contributed by atoms with E-state index in [0.29, 0.717) is 29.7 Å². The Morgan fingerprint density at radius 2 is 2.00 bits per heavy atom. The molecule has 1 aliphatic rings. The van der Waals surface area contributed by atoms with Crippen molar-refractivity contribution in [1.82, 2.24) is 15.5 Å². The van der Waals surface area contributed by atoms with E-state index in [0.717, 1.165) is 17.9 Å². The van der Waals surface area contributed by atoms with E-state index in [2.05, 4.69) is 34.7 Å². The largest absolute Gasteiger partial charge is 0.454 e. The molecule has 7 heteroatoms. The van der Waals surface area contributed by atoms with Gasteiger partial charge in [0.05, 0.1) is 0 Å². The second-order valence-electron chi connectivity index (χ2n) is 5.94. The van der Waals surface area contributed by atoms with Crippen LogP contribution in [0.15, 0.2) is 30.3 Å². The van der Waals surface area contributed by atoms with Gasteiger partial charge in [-0.05, 0) is 36.6 Å². The number of carbonyl (C=O) groups is 1. The molecule has 0 atom stereocenters. The SMILES string of the molecule is CC(C)CCNC(=O)c1ccc(Nc2ccc3c(c2)OCO3)nn1. The maximum absolute atomic E-state index is 12.0. The molecule has 0 saturated carbocycles. The Bertz CT molecular complexity index is 716. The smallest absolute Gasteiger partial charge is 0.271 e. The van der Waals surface area contributed by atoms with Crippen LogP contribution in [-0.2, 0) is 0 Å². The zero-order valence-corrected chi connectivity index (χ0v) is 13.7. The molecule has 2 aromatic rings. The van der Waals surface area contributed by atoms with Crippen molar-refractivity contribution in [2.24, 2.45) is 5.92 Å². The predicted molar refractivity (Wildman–Crippen MR) is 89.7 cm³/mol. The highest BCUT2D eigenvalue weighted by molar-refractivity contribution is 5.92. The second kappa shape index (κ2) is 7.16. The summed E-state index contributed by atoms with van der Waals surface area (Å²) in [7, 11) is 0. The fraction of sp³-hybridized carbons (Fsp3) is 0.353. The van der Waals surface area contributed by atoms with E-state index in [1.54, 1.807) is 12.1 Å². The highest BCUT2D eigenvalue weighted by Gasteiger charge is 2.13. The highest BCUT2D eigenvalue weighted by Crippen LogP contribution is 2.34. The lowest BCUT2D eigenvalue weighted by atomic mass is 10.1. The van der Waals surface area contributed by atoms with Gasteiger partial charge in [0, 0.05) is 18.3 Å². The Morgan fingerprint density at radius 1 is 1.17 bits per heavy atom. The average molecular weight is 328 g/mol. The minimum Gasteiger partial charge on any atom is -0.454 e. The summed E-state index contributed by atoms with van der Waals surface area (Å²) in [5.74, 6) is 2.30. The first kappa shape index (κ1) is 16.0. The summed E-state index contributed by atoms with van der Waals surface area (Å²) in [6.07, 6.45) is 0.933. The summed E-state index contributed by atoms with van der Waals surface area (Å²) >= 11 is 0. The highest BCUT2D eigenvalue weighted by atomic mass is 16.7. The maximum atomic E-state index is 12.0. The molecule has 0 fully saturated rings. The fourth-order valence-corrected chi connectivity index (χ4v) is 2.21. The minimum absolute atomic E-state index is 0.210. The molecular formula is C17H20N4O3. The van der Waals surface area contributed by atoms with Crippen LogP contribution in [0.5, 0.6) is 11.5 Å². The zero-order chi connectivity index (χ0) is 16.9. The Hall–Kier alpha value is -2.83. The molecule has 0 spiro atoms. The number of fused-ring (bicyclic) bond motifs is 1. The molecule has 2 N–H and O–H groups in total. The van der Waals surface area contributed by atoms with Crippen molar-refractivity contribution in [3.63, 3.8) is 0 Å². The first-order valence-electron chi connectivity index (χ1n) is 7.90. The number of nitrogens with zero attached hydrogens (tertiary/aromatic N) is 2. The Labute approximate surface area is 140 Å². The number of aromatic nitrogens is 2. The van der Waals surface area contributed by atoms with Gasteiger partial charge in [-0.25, -0.2) is 0 Å². The lowest BCUT2D eigenvalue weighted by Crippen LogP contribution is -2.26. The standard InChI is InChI=1S/C17H20N4O3/c1-11(2)7-8-18-17(22)13-4-6-16(21-20-13)19-12-3-5-14-15(9-12)24-10-23-14/h3-6,9,11H,7-8,10H2,1-2H3,(H,18,22)(H,19,21). The third-order valence-electron chi connectivity index (χ3n) is 3.55. The van der Waals surface area contributed by atoms with Crippen molar-refractivity contribution in [2.75, 3.05) is 18.7 Å². The second-order valence-corrected chi connectivity index (χ2v) is 5.94. The summed E-state index contributed by atoms with van der Waals surface area (Å²) in [5, 5.41) is 14.0. The van der Waals surface area contributed by atoms with Gasteiger partial charge in [0.25, 0.3) is 5.91 Å². The van der Waals surface area contributed by atoms with Crippen LogP contribution in [0.25, 0.3) is 0 Å². The van der Waals surface area contributed by atoms with Gasteiger partial charge < -0.3 is 20.1 Å². The van der Waals surface area contributed by atoms with E-state index in [4.69, 9.17) is 9.47 Å². The number of benzene rings is 1. The van der Waals surface area contributed by atoms with Gasteiger partial charge in [-0.15, -0.1) is 10.2 Å². The molecule has 7 nitrogen and oxygen atoms in total. The number of anilines is 2. The van der Waals surface area contributed by atoms with Crippen molar-refractivity contribution in [1.29, 1.82) is 0 Å². The van der Waals surface area contributed by atoms with Crippen molar-refractivity contribution < 1.29 is 14.3 Å². The molecule has 1 aliphatic heterocycles. The van der Waals surface area contributed by atoms with Crippen LogP contribution in [0.2, 0.25) is 0 Å². The molecule has 0 radical (unpaired) electrons. The number of ether oxygens (including phenoxy) is 2. The quantitative estimate of drug-likeness (QED) is 0.848. The summed E-state index contributed by atoms with van der Waals surface area (Å²) in [4.78, 5) is 12.0. The molecule has 1 aromatic heterocycles. The molecule has 0 saturated heterocycles. The number of hydrogen-bond acceptors (Lipinski definition) is 6. The Kier molecular flexibility index (Phi) is 4.79. The van der Waals surface area contributed by atoms with Gasteiger partial charge in [-0.1, -0.05) is 13.8 Å². The van der Waals surface area contributed by atoms with Crippen molar-refractivity contribution >= 4 is 17.4 Å². The maximum Gasteiger partial charge on any atom is 0.271 e. The minimum atomic E-state index is -0.210. The molecule has 0 aliphatic carbocycles. The molecular weight excluding hydrogens is 308 g/mol. The number of nitrogens with one attached hydrogen (secondary N) is 2. The van der Waals surface area contributed by atoms with Crippen LogP contribution in [0.1, 0.15) is 30.8 Å². The fourth-order valence-electron chi connectivity index (χ4n) is 2.21. The molecule has 3 rings (SSSR count). The van der Waals surface area contributed by atoms with Crippen molar-refractivity contribution in [2.45, 2.75) is 20.3 Å². The molecule has 0 bridgehead atoms. The Balaban J connectivity index is 1.59. The summed E-state index contributed by atoms with van der Waals surface area (Å²) in [6.45, 7) is 5.10. The lowest BCUT2D eigenvalue weighted by Gasteiger charge is -2.08. The van der Waals surface area contributed by atoms with Gasteiger partial charge in [-0.3, -0.25) is 4.79 Å². The van der Waals surface area contributed by atoms with E-state index < -0.39 is 0 Å². The van der Waals surface area contributed by atoms with Crippen LogP contribution in [0, 0.1) is 5.92 Å². The van der Waals surface area contributed by atoms with E-state index >= 15 is 0 Å². The van der Waals surface area contributed by atoms with E-state index in [9.17, 15) is 4.79 Å². The molecule has 0 unspecified atom stereocenters. The van der Waals surface area contributed by atoms with E-state index in [1.807, 2.05) is 18.2 Å². The van der Waals surface area contributed by atoms with Crippen molar-refractivity contribution in [3.05, 3.63) is 36.0 Å². The van der Waals surface area contributed by atoms with Crippen LogP contribution in [0.4, 0.5) is 11.5 Å². The normalized spacial score (nSPS) is 12.3. The molecule has 126 valence electrons. The third-order valence-corrected chi connectivity index (χ3v) is 3.55. The summed E-state index contributed by atoms with van der Waals surface area (Å²) < 4.78 is 10.6. The first-order valence-corrected chi connectivity index (χ1v) is 7.90. The van der Waals surface area contributed by atoms with Gasteiger partial charge in [0.1, 0.15) is 0 Å². The van der Waals surface area contributed by atoms with Gasteiger partial charge in [-0.2, -0.15) is 0 Å². The van der Waals surface area contributed by atoms with Crippen molar-refractivity contribution in [3.8, 4) is 11.5 Å². The molecule has 2 heterocycles. The monoisotopic (exact) mass is 328 g/mol. The zero-order valence-electron chi connectivity index (χ0n) is 13.7. The lowest BCUT2D eigenvalue weighted by molar-refractivity contribution is 0.0946. The molecule has 24 heavy (non-hydrogen) atoms. The predicted octanol–water partition coefficient (Wildman–Crippen LogP) is 2.72. The number of carbonyl (C=O) groups excluding carboxylic acids is 1. The third kappa shape index (κ3) is 3.92. The average Bonchev–Trinajstić information content (AvgIpc) is 3.03. The van der Waals surface area contributed by atoms with Crippen LogP contribution < -0.4 is 20.1 Å². The van der Waals surface area contributed by atoms with Crippen LogP contribution in [-0.4, -0.2) is 29.4 Å². The topological polar surface area (TPSA) is 85.4 Å². The number of hydrogen-bond donors (Lipinski definition) is 2. The summed E-state index contributed by atoms with van der Waals surface area (Å²) in [6, 6.07) is 8.88. The van der Waals surface area contributed by atoms with E-state index in [1.165, 1.54) is 0 Å². The van der Waals surface area contributed by atoms with E-state index in [-0.39, 0.29) is 12.7 Å². The molecule has 1 amide bonds. The van der Waals surface area contributed by atoms with Gasteiger partial charge in [0.2, 0.25) is 6.79 Å². The molecule has 1 aromatic carbocycles. The Morgan fingerprint density at radius 3 is 2.75 bits per heavy atom. The summed E-state index contributed by atoms with van der Waals surface area (Å²) in [5.41, 5.74) is 1.11.